The molecule has 1 fully saturated rings. The van der Waals surface area contributed by atoms with E-state index in [4.69, 9.17) is 14.2 Å². The van der Waals surface area contributed by atoms with E-state index in [9.17, 15) is 18.4 Å². The number of methoxy groups -OCH3 is 1. The molecule has 1 unspecified atom stereocenters. The van der Waals surface area contributed by atoms with Crippen molar-refractivity contribution in [1.82, 2.24) is 15.3 Å². The average molecular weight is 473 g/mol. The Morgan fingerprint density at radius 3 is 2.82 bits per heavy atom. The molecule has 8 nitrogen and oxygen atoms in total. The zero-order valence-corrected chi connectivity index (χ0v) is 18.7. The summed E-state index contributed by atoms with van der Waals surface area (Å²) in [6, 6.07) is 6.65. The molecule has 1 atom stereocenters. The lowest BCUT2D eigenvalue weighted by molar-refractivity contribution is 0.00391. The van der Waals surface area contributed by atoms with Gasteiger partial charge < -0.3 is 24.5 Å². The number of carbonyl (C=O) groups excluding carboxylic acids is 1. The SMILES string of the molecule is COc1cc(CNC(=O)c2nc3ccc(F)c(OCCC4CCCCO4)c3c(=O)[nH]2)ccc1F. The van der Waals surface area contributed by atoms with Crippen LogP contribution in [0.15, 0.2) is 35.1 Å². The summed E-state index contributed by atoms with van der Waals surface area (Å²) in [6.07, 6.45) is 3.67. The van der Waals surface area contributed by atoms with E-state index in [1.807, 2.05) is 0 Å². The molecule has 0 saturated carbocycles. The highest BCUT2D eigenvalue weighted by Gasteiger charge is 2.19. The van der Waals surface area contributed by atoms with Gasteiger partial charge in [0.15, 0.2) is 29.0 Å². The van der Waals surface area contributed by atoms with Crippen LogP contribution in [-0.4, -0.2) is 42.3 Å². The summed E-state index contributed by atoms with van der Waals surface area (Å²) in [6.45, 7) is 0.943. The van der Waals surface area contributed by atoms with Gasteiger partial charge in [-0.1, -0.05) is 6.07 Å². The third-order valence-corrected chi connectivity index (χ3v) is 5.62. The Bertz CT molecular complexity index is 1240. The number of nitrogens with zero attached hydrogens (tertiary/aromatic N) is 1. The molecule has 34 heavy (non-hydrogen) atoms. The summed E-state index contributed by atoms with van der Waals surface area (Å²) in [4.78, 5) is 31.9. The van der Waals surface area contributed by atoms with E-state index in [2.05, 4.69) is 15.3 Å². The fourth-order valence-electron chi connectivity index (χ4n) is 3.83. The third kappa shape index (κ3) is 5.33. The zero-order chi connectivity index (χ0) is 24.1. The number of nitrogens with one attached hydrogen (secondary N) is 2. The first-order valence-corrected chi connectivity index (χ1v) is 11.0. The first-order chi connectivity index (χ1) is 16.5. The Morgan fingerprint density at radius 2 is 2.06 bits per heavy atom. The summed E-state index contributed by atoms with van der Waals surface area (Å²) < 4.78 is 44.2. The van der Waals surface area contributed by atoms with E-state index in [0.717, 1.165) is 25.3 Å². The molecule has 180 valence electrons. The lowest BCUT2D eigenvalue weighted by atomic mass is 10.1. The van der Waals surface area contributed by atoms with Crippen molar-refractivity contribution in [2.45, 2.75) is 38.3 Å². The Balaban J connectivity index is 1.48. The van der Waals surface area contributed by atoms with Crippen molar-refractivity contribution in [2.24, 2.45) is 0 Å². The Hall–Kier alpha value is -3.53. The highest BCUT2D eigenvalue weighted by molar-refractivity contribution is 5.93. The number of fused-ring (bicyclic) bond motifs is 1. The van der Waals surface area contributed by atoms with E-state index in [0.29, 0.717) is 18.6 Å². The molecular formula is C24H25F2N3O5. The molecule has 3 aromatic rings. The van der Waals surface area contributed by atoms with E-state index in [-0.39, 0.29) is 47.5 Å². The molecule has 2 N–H and O–H groups in total. The molecule has 1 aliphatic rings. The number of hydrogen-bond acceptors (Lipinski definition) is 6. The van der Waals surface area contributed by atoms with Crippen molar-refractivity contribution in [3.63, 3.8) is 0 Å². The van der Waals surface area contributed by atoms with Crippen LogP contribution in [0.2, 0.25) is 0 Å². The fraction of sp³-hybridized carbons (Fsp3) is 0.375. The molecule has 1 aliphatic heterocycles. The fourth-order valence-corrected chi connectivity index (χ4v) is 3.83. The van der Waals surface area contributed by atoms with Gasteiger partial charge in [-0.3, -0.25) is 9.59 Å². The highest BCUT2D eigenvalue weighted by Crippen LogP contribution is 2.26. The molecule has 0 bridgehead atoms. The quantitative estimate of drug-likeness (QED) is 0.519. The Morgan fingerprint density at radius 1 is 1.24 bits per heavy atom. The van der Waals surface area contributed by atoms with Gasteiger partial charge in [0.25, 0.3) is 11.5 Å². The second kappa shape index (κ2) is 10.6. The number of carbonyl (C=O) groups is 1. The van der Waals surface area contributed by atoms with Gasteiger partial charge in [0.05, 0.1) is 25.3 Å². The summed E-state index contributed by atoms with van der Waals surface area (Å²) in [5.41, 5.74) is 0.0270. The van der Waals surface area contributed by atoms with Crippen LogP contribution in [0.4, 0.5) is 8.78 Å². The van der Waals surface area contributed by atoms with Gasteiger partial charge in [0.2, 0.25) is 0 Å². The van der Waals surface area contributed by atoms with Crippen LogP contribution in [0.1, 0.15) is 41.9 Å². The monoisotopic (exact) mass is 473 g/mol. The topological polar surface area (TPSA) is 103 Å². The molecule has 10 heteroatoms. The van der Waals surface area contributed by atoms with E-state index in [1.54, 1.807) is 0 Å². The van der Waals surface area contributed by atoms with E-state index >= 15 is 0 Å². The Kier molecular flexibility index (Phi) is 7.36. The number of aromatic amines is 1. The molecule has 2 aromatic carbocycles. The van der Waals surface area contributed by atoms with Gasteiger partial charge in [-0.05, 0) is 49.1 Å². The van der Waals surface area contributed by atoms with Crippen LogP contribution in [0.3, 0.4) is 0 Å². The van der Waals surface area contributed by atoms with Crippen LogP contribution < -0.4 is 20.3 Å². The lowest BCUT2D eigenvalue weighted by Gasteiger charge is -2.22. The summed E-state index contributed by atoms with van der Waals surface area (Å²) in [7, 11) is 1.34. The smallest absolute Gasteiger partial charge is 0.287 e. The van der Waals surface area contributed by atoms with Crippen LogP contribution in [0.25, 0.3) is 10.9 Å². The molecule has 0 aliphatic carbocycles. The number of amides is 1. The van der Waals surface area contributed by atoms with Crippen molar-refractivity contribution >= 4 is 16.8 Å². The molecular weight excluding hydrogens is 448 g/mol. The predicted octanol–water partition coefficient (Wildman–Crippen LogP) is 3.48. The summed E-state index contributed by atoms with van der Waals surface area (Å²) in [5, 5.41) is 2.54. The minimum Gasteiger partial charge on any atom is -0.494 e. The predicted molar refractivity (Wildman–Crippen MR) is 120 cm³/mol. The maximum Gasteiger partial charge on any atom is 0.287 e. The highest BCUT2D eigenvalue weighted by atomic mass is 19.1. The van der Waals surface area contributed by atoms with Gasteiger partial charge >= 0.3 is 0 Å². The third-order valence-electron chi connectivity index (χ3n) is 5.62. The Labute approximate surface area is 194 Å². The number of halogens is 2. The average Bonchev–Trinajstić information content (AvgIpc) is 2.85. The van der Waals surface area contributed by atoms with Crippen molar-refractivity contribution in [2.75, 3.05) is 20.3 Å². The number of benzene rings is 2. The lowest BCUT2D eigenvalue weighted by Crippen LogP contribution is -2.28. The largest absolute Gasteiger partial charge is 0.494 e. The van der Waals surface area contributed by atoms with Crippen molar-refractivity contribution in [1.29, 1.82) is 0 Å². The van der Waals surface area contributed by atoms with E-state index in [1.165, 1.54) is 31.4 Å². The van der Waals surface area contributed by atoms with Gasteiger partial charge in [-0.2, -0.15) is 0 Å². The minimum atomic E-state index is -0.693. The van der Waals surface area contributed by atoms with Crippen LogP contribution >= 0.6 is 0 Å². The van der Waals surface area contributed by atoms with Gasteiger partial charge in [0.1, 0.15) is 5.39 Å². The molecule has 0 radical (unpaired) electrons. The van der Waals surface area contributed by atoms with Crippen LogP contribution in [0.5, 0.6) is 11.5 Å². The molecule has 0 spiro atoms. The molecule has 1 amide bonds. The number of ether oxygens (including phenoxy) is 3. The standard InChI is InChI=1S/C24H25F2N3O5/c1-32-19-12-14(5-6-16(19)25)13-27-24(31)22-28-18-8-7-17(26)21(20(18)23(30)29-22)34-11-9-15-4-2-3-10-33-15/h5-8,12,15H,2-4,9-11,13H2,1H3,(H,27,31)(H,28,29,30). The number of rotatable bonds is 8. The second-order valence-electron chi connectivity index (χ2n) is 7.96. The van der Waals surface area contributed by atoms with Gasteiger partial charge in [0, 0.05) is 19.6 Å². The zero-order valence-electron chi connectivity index (χ0n) is 18.7. The minimum absolute atomic E-state index is 0.0496. The maximum atomic E-state index is 14.5. The van der Waals surface area contributed by atoms with Crippen LogP contribution in [0, 0.1) is 11.6 Å². The van der Waals surface area contributed by atoms with Gasteiger partial charge in [-0.25, -0.2) is 13.8 Å². The van der Waals surface area contributed by atoms with Crippen molar-refractivity contribution in [3.8, 4) is 11.5 Å². The number of H-pyrrole nitrogens is 1. The summed E-state index contributed by atoms with van der Waals surface area (Å²) >= 11 is 0. The second-order valence-corrected chi connectivity index (χ2v) is 7.96. The molecule has 1 aromatic heterocycles. The molecule has 4 rings (SSSR count). The summed E-state index contributed by atoms with van der Waals surface area (Å²) in [5.74, 6) is -2.24. The van der Waals surface area contributed by atoms with Crippen molar-refractivity contribution in [3.05, 3.63) is 63.7 Å². The first kappa shape index (κ1) is 23.6. The maximum absolute atomic E-state index is 14.5. The van der Waals surface area contributed by atoms with Gasteiger partial charge in [-0.15, -0.1) is 0 Å². The molecule has 1 saturated heterocycles. The van der Waals surface area contributed by atoms with E-state index < -0.39 is 23.1 Å². The number of aromatic nitrogens is 2. The molecule has 2 heterocycles. The normalized spacial score (nSPS) is 15.8. The van der Waals surface area contributed by atoms with Crippen LogP contribution in [-0.2, 0) is 11.3 Å². The number of hydrogen-bond donors (Lipinski definition) is 2. The first-order valence-electron chi connectivity index (χ1n) is 11.0. The van der Waals surface area contributed by atoms with Crippen molar-refractivity contribution < 1.29 is 27.8 Å².